The molecule has 0 amide bonds. The van der Waals surface area contributed by atoms with Gasteiger partial charge in [0.05, 0.1) is 18.7 Å². The maximum atomic E-state index is 14.4. The van der Waals surface area contributed by atoms with Crippen LogP contribution in [-0.2, 0) is 23.2 Å². The molecule has 0 aliphatic heterocycles. The van der Waals surface area contributed by atoms with Gasteiger partial charge in [0.25, 0.3) is 0 Å². The van der Waals surface area contributed by atoms with Crippen LogP contribution < -0.4 is 10.7 Å². The standard InChI is InChI=1S/C28H35F3N2O3/c1-5-21(17-36-4)32-16-20-10-6-8-12-23(20)26(2,3)18-27(35,28(29,30)31)19-33-15-14-25(34)22-11-7-9-13-24(22)33/h6-15,21,32,35H,5,16-19H2,1-4H3. The first-order chi connectivity index (χ1) is 16.9. The van der Waals surface area contributed by atoms with Crippen LogP contribution >= 0.6 is 0 Å². The first-order valence-corrected chi connectivity index (χ1v) is 12.1. The third-order valence-corrected chi connectivity index (χ3v) is 6.77. The molecule has 2 N–H and O–H groups in total. The summed E-state index contributed by atoms with van der Waals surface area (Å²) in [5.41, 5.74) is -2.37. The zero-order chi connectivity index (χ0) is 26.6. The van der Waals surface area contributed by atoms with E-state index < -0.39 is 30.2 Å². The van der Waals surface area contributed by atoms with Crippen molar-refractivity contribution in [2.45, 2.75) is 69.9 Å². The van der Waals surface area contributed by atoms with E-state index in [-0.39, 0.29) is 11.5 Å². The van der Waals surface area contributed by atoms with Gasteiger partial charge in [-0.15, -0.1) is 0 Å². The van der Waals surface area contributed by atoms with Gasteiger partial charge in [-0.05, 0) is 41.5 Å². The molecule has 0 radical (unpaired) electrons. The van der Waals surface area contributed by atoms with E-state index in [0.29, 0.717) is 24.1 Å². The first-order valence-electron chi connectivity index (χ1n) is 12.1. The van der Waals surface area contributed by atoms with Crippen molar-refractivity contribution in [2.24, 2.45) is 0 Å². The molecule has 1 aromatic heterocycles. The maximum absolute atomic E-state index is 14.4. The number of benzene rings is 2. The number of halogens is 3. The number of nitrogens with one attached hydrogen (secondary N) is 1. The Morgan fingerprint density at radius 2 is 1.72 bits per heavy atom. The predicted molar refractivity (Wildman–Crippen MR) is 136 cm³/mol. The third-order valence-electron chi connectivity index (χ3n) is 6.77. The molecule has 5 nitrogen and oxygen atoms in total. The van der Waals surface area contributed by atoms with Crippen molar-refractivity contribution in [2.75, 3.05) is 13.7 Å². The highest BCUT2D eigenvalue weighted by molar-refractivity contribution is 5.78. The Morgan fingerprint density at radius 3 is 2.39 bits per heavy atom. The molecule has 2 unspecified atom stereocenters. The van der Waals surface area contributed by atoms with E-state index in [2.05, 4.69) is 5.32 Å². The molecule has 3 aromatic rings. The molecule has 0 fully saturated rings. The van der Waals surface area contributed by atoms with Gasteiger partial charge in [0.2, 0.25) is 0 Å². The second kappa shape index (κ2) is 11.2. The Balaban J connectivity index is 1.96. The summed E-state index contributed by atoms with van der Waals surface area (Å²) < 4.78 is 49.9. The number of hydrogen-bond donors (Lipinski definition) is 2. The molecule has 2 aromatic carbocycles. The number of alkyl halides is 3. The van der Waals surface area contributed by atoms with Crippen LogP contribution in [0.5, 0.6) is 0 Å². The van der Waals surface area contributed by atoms with Gasteiger partial charge in [-0.3, -0.25) is 4.79 Å². The van der Waals surface area contributed by atoms with Gasteiger partial charge in [0.1, 0.15) is 0 Å². The summed E-state index contributed by atoms with van der Waals surface area (Å²) in [6.45, 7) is 5.75. The molecule has 196 valence electrons. The lowest BCUT2D eigenvalue weighted by Crippen LogP contribution is -2.52. The minimum Gasteiger partial charge on any atom is -0.383 e. The third kappa shape index (κ3) is 6.17. The summed E-state index contributed by atoms with van der Waals surface area (Å²) in [4.78, 5) is 12.2. The van der Waals surface area contributed by atoms with Gasteiger partial charge in [-0.2, -0.15) is 13.2 Å². The first kappa shape index (κ1) is 27.9. The zero-order valence-electron chi connectivity index (χ0n) is 21.2. The molecule has 1 heterocycles. The van der Waals surface area contributed by atoms with Crippen LogP contribution in [0.3, 0.4) is 0 Å². The van der Waals surface area contributed by atoms with Gasteiger partial charge >= 0.3 is 6.18 Å². The molecule has 0 bridgehead atoms. The average molecular weight is 505 g/mol. The van der Waals surface area contributed by atoms with Gasteiger partial charge in [0.15, 0.2) is 11.0 Å². The second-order valence-corrected chi connectivity index (χ2v) is 10.0. The number of methoxy groups -OCH3 is 1. The van der Waals surface area contributed by atoms with E-state index in [1.54, 1.807) is 51.3 Å². The van der Waals surface area contributed by atoms with Crippen molar-refractivity contribution in [1.29, 1.82) is 0 Å². The van der Waals surface area contributed by atoms with Crippen molar-refractivity contribution in [1.82, 2.24) is 9.88 Å². The number of ether oxygens (including phenoxy) is 1. The number of rotatable bonds is 11. The molecule has 36 heavy (non-hydrogen) atoms. The van der Waals surface area contributed by atoms with Crippen LogP contribution in [0.25, 0.3) is 10.9 Å². The number of para-hydroxylation sites is 1. The van der Waals surface area contributed by atoms with Crippen LogP contribution in [0.4, 0.5) is 13.2 Å². The molecule has 0 spiro atoms. The molecular formula is C28H35F3N2O3. The molecular weight excluding hydrogens is 469 g/mol. The molecule has 0 aliphatic rings. The van der Waals surface area contributed by atoms with Crippen LogP contribution in [0.2, 0.25) is 0 Å². The van der Waals surface area contributed by atoms with Crippen molar-refractivity contribution in [3.05, 3.63) is 82.1 Å². The average Bonchev–Trinajstić information content (AvgIpc) is 2.83. The molecule has 3 rings (SSSR count). The molecule has 0 saturated carbocycles. The minimum atomic E-state index is -4.90. The second-order valence-electron chi connectivity index (χ2n) is 10.0. The summed E-state index contributed by atoms with van der Waals surface area (Å²) in [5, 5.41) is 14.9. The highest BCUT2D eigenvalue weighted by Crippen LogP contribution is 2.43. The van der Waals surface area contributed by atoms with E-state index in [4.69, 9.17) is 4.74 Å². The minimum absolute atomic E-state index is 0.118. The van der Waals surface area contributed by atoms with Crippen LogP contribution in [0, 0.1) is 0 Å². The Kier molecular flexibility index (Phi) is 8.64. The quantitative estimate of drug-likeness (QED) is 0.378. The Labute approximate surface area is 209 Å². The number of fused-ring (bicyclic) bond motifs is 1. The SMILES string of the molecule is CCC(COC)NCc1ccccc1C(C)(C)CC(O)(Cn1ccc(=O)c2ccccc21)C(F)(F)F. The van der Waals surface area contributed by atoms with E-state index in [9.17, 15) is 23.1 Å². The van der Waals surface area contributed by atoms with Crippen LogP contribution in [0.1, 0.15) is 44.7 Å². The lowest BCUT2D eigenvalue weighted by Gasteiger charge is -2.39. The van der Waals surface area contributed by atoms with E-state index in [1.807, 2.05) is 25.1 Å². The largest absolute Gasteiger partial charge is 0.418 e. The van der Waals surface area contributed by atoms with E-state index in [1.165, 1.54) is 16.8 Å². The summed E-state index contributed by atoms with van der Waals surface area (Å²) >= 11 is 0. The van der Waals surface area contributed by atoms with Gasteiger partial charge in [-0.25, -0.2) is 0 Å². The number of pyridine rings is 1. The lowest BCUT2D eigenvalue weighted by molar-refractivity contribution is -0.271. The summed E-state index contributed by atoms with van der Waals surface area (Å²) in [6.07, 6.45) is -3.29. The monoisotopic (exact) mass is 504 g/mol. The number of hydrogen-bond acceptors (Lipinski definition) is 4. The topological polar surface area (TPSA) is 63.5 Å². The van der Waals surface area contributed by atoms with Gasteiger partial charge in [0, 0.05) is 37.3 Å². The van der Waals surface area contributed by atoms with Crippen LogP contribution in [0.15, 0.2) is 65.6 Å². The fraction of sp³-hybridized carbons (Fsp3) is 0.464. The molecule has 0 saturated heterocycles. The van der Waals surface area contributed by atoms with Gasteiger partial charge in [-0.1, -0.05) is 57.2 Å². The number of aromatic nitrogens is 1. The summed E-state index contributed by atoms with van der Waals surface area (Å²) in [6, 6.07) is 15.2. The molecule has 0 aliphatic carbocycles. The van der Waals surface area contributed by atoms with Crippen molar-refractivity contribution in [3.8, 4) is 0 Å². The van der Waals surface area contributed by atoms with Crippen LogP contribution in [-0.4, -0.2) is 41.2 Å². The Morgan fingerprint density at radius 1 is 1.06 bits per heavy atom. The smallest absolute Gasteiger partial charge is 0.383 e. The Hall–Kier alpha value is -2.68. The molecule has 8 heteroatoms. The summed E-state index contributed by atoms with van der Waals surface area (Å²) in [7, 11) is 1.63. The number of aliphatic hydroxyl groups is 1. The fourth-order valence-electron chi connectivity index (χ4n) is 4.86. The molecule has 2 atom stereocenters. The maximum Gasteiger partial charge on any atom is 0.418 e. The van der Waals surface area contributed by atoms with Crippen molar-refractivity contribution >= 4 is 10.9 Å². The highest BCUT2D eigenvalue weighted by atomic mass is 19.4. The lowest BCUT2D eigenvalue weighted by atomic mass is 9.73. The number of nitrogens with zero attached hydrogens (tertiary/aromatic N) is 1. The Bertz CT molecular complexity index is 1220. The fourth-order valence-corrected chi connectivity index (χ4v) is 4.86. The predicted octanol–water partition coefficient (Wildman–Crippen LogP) is 5.18. The van der Waals surface area contributed by atoms with Crippen molar-refractivity contribution < 1.29 is 23.0 Å². The van der Waals surface area contributed by atoms with E-state index >= 15 is 0 Å². The van der Waals surface area contributed by atoms with Crippen molar-refractivity contribution in [3.63, 3.8) is 0 Å². The van der Waals surface area contributed by atoms with E-state index in [0.717, 1.165) is 17.5 Å². The highest BCUT2D eigenvalue weighted by Gasteiger charge is 2.56. The van der Waals surface area contributed by atoms with Gasteiger partial charge < -0.3 is 19.7 Å². The zero-order valence-corrected chi connectivity index (χ0v) is 21.2. The normalized spacial score (nSPS) is 15.1. The summed E-state index contributed by atoms with van der Waals surface area (Å²) in [5.74, 6) is 0.